The fourth-order valence-electron chi connectivity index (χ4n) is 2.12. The van der Waals surface area contributed by atoms with Gasteiger partial charge in [-0.1, -0.05) is 11.6 Å². The van der Waals surface area contributed by atoms with E-state index in [1.54, 1.807) is 30.5 Å². The van der Waals surface area contributed by atoms with Crippen molar-refractivity contribution in [1.82, 2.24) is 14.5 Å². The maximum atomic E-state index is 12.3. The van der Waals surface area contributed by atoms with Crippen LogP contribution in [0.5, 0.6) is 0 Å². The Morgan fingerprint density at radius 3 is 2.78 bits per heavy atom. The molecule has 0 unspecified atom stereocenters. The highest BCUT2D eigenvalue weighted by molar-refractivity contribution is 6.30. The minimum Gasteiger partial charge on any atom is -0.332 e. The average molecular weight is 262 g/mol. The van der Waals surface area contributed by atoms with Crippen LogP contribution in [-0.4, -0.2) is 26.9 Å². The number of hydrogen-bond donors (Lipinski definition) is 0. The van der Waals surface area contributed by atoms with Gasteiger partial charge in [0.2, 0.25) is 0 Å². The number of fused-ring (bicyclic) bond motifs is 1. The predicted octanol–water partition coefficient (Wildman–Crippen LogP) is 2.19. The van der Waals surface area contributed by atoms with Crippen LogP contribution in [-0.2, 0) is 13.1 Å². The van der Waals surface area contributed by atoms with Gasteiger partial charge in [-0.3, -0.25) is 4.79 Å². The zero-order valence-corrected chi connectivity index (χ0v) is 10.5. The van der Waals surface area contributed by atoms with Crippen LogP contribution in [0.25, 0.3) is 0 Å². The molecule has 0 bridgehead atoms. The first kappa shape index (κ1) is 11.3. The van der Waals surface area contributed by atoms with Crippen LogP contribution < -0.4 is 0 Å². The van der Waals surface area contributed by atoms with Crippen LogP contribution in [0, 0.1) is 0 Å². The molecule has 0 fully saturated rings. The molecule has 18 heavy (non-hydrogen) atoms. The Morgan fingerprint density at radius 2 is 2.00 bits per heavy atom. The molecule has 2 aromatic rings. The summed E-state index contributed by atoms with van der Waals surface area (Å²) in [5, 5.41) is 0.640. The summed E-state index contributed by atoms with van der Waals surface area (Å²) in [7, 11) is 0. The summed E-state index contributed by atoms with van der Waals surface area (Å²) in [6.07, 6.45) is 3.71. The summed E-state index contributed by atoms with van der Waals surface area (Å²) < 4.78 is 2.08. The fraction of sp³-hybridized carbons (Fsp3) is 0.231. The molecule has 0 saturated heterocycles. The monoisotopic (exact) mass is 261 g/mol. The van der Waals surface area contributed by atoms with Crippen molar-refractivity contribution < 1.29 is 4.79 Å². The standard InChI is InChI=1S/C13H12ClN3O/c14-11-3-1-10(2-4-11)13(18)17-8-7-16-6-5-15-12(16)9-17/h1-6H,7-9H2. The Morgan fingerprint density at radius 1 is 1.22 bits per heavy atom. The van der Waals surface area contributed by atoms with Crippen molar-refractivity contribution in [3.63, 3.8) is 0 Å². The first-order valence-corrected chi connectivity index (χ1v) is 6.17. The first-order valence-electron chi connectivity index (χ1n) is 5.79. The number of rotatable bonds is 1. The van der Waals surface area contributed by atoms with Gasteiger partial charge >= 0.3 is 0 Å². The topological polar surface area (TPSA) is 38.1 Å². The van der Waals surface area contributed by atoms with Crippen molar-refractivity contribution in [3.05, 3.63) is 53.1 Å². The molecular formula is C13H12ClN3O. The summed E-state index contributed by atoms with van der Waals surface area (Å²) in [5.74, 6) is 0.962. The number of carbonyl (C=O) groups is 1. The smallest absolute Gasteiger partial charge is 0.254 e. The number of benzene rings is 1. The third kappa shape index (κ3) is 1.99. The highest BCUT2D eigenvalue weighted by Crippen LogP contribution is 2.15. The number of amides is 1. The van der Waals surface area contributed by atoms with Gasteiger partial charge in [0.25, 0.3) is 5.91 Å². The van der Waals surface area contributed by atoms with Gasteiger partial charge in [0, 0.05) is 36.1 Å². The number of halogens is 1. The quantitative estimate of drug-likeness (QED) is 0.789. The molecule has 1 aliphatic heterocycles. The van der Waals surface area contributed by atoms with Crippen molar-refractivity contribution >= 4 is 17.5 Å². The van der Waals surface area contributed by atoms with Crippen LogP contribution in [0.4, 0.5) is 0 Å². The number of carbonyl (C=O) groups excluding carboxylic acids is 1. The number of imidazole rings is 1. The minimum absolute atomic E-state index is 0.0286. The Balaban J connectivity index is 1.80. The van der Waals surface area contributed by atoms with E-state index in [0.717, 1.165) is 12.4 Å². The van der Waals surface area contributed by atoms with Crippen molar-refractivity contribution in [3.8, 4) is 0 Å². The van der Waals surface area contributed by atoms with Crippen LogP contribution in [0.15, 0.2) is 36.7 Å². The van der Waals surface area contributed by atoms with Crippen molar-refractivity contribution in [2.24, 2.45) is 0 Å². The Hall–Kier alpha value is -1.81. The number of aromatic nitrogens is 2. The van der Waals surface area contributed by atoms with E-state index in [0.29, 0.717) is 23.7 Å². The third-order valence-corrected chi connectivity index (χ3v) is 3.38. The molecule has 3 rings (SSSR count). The van der Waals surface area contributed by atoms with Crippen molar-refractivity contribution in [2.75, 3.05) is 6.54 Å². The van der Waals surface area contributed by atoms with E-state index in [1.165, 1.54) is 0 Å². The van der Waals surface area contributed by atoms with Crippen molar-refractivity contribution in [2.45, 2.75) is 13.1 Å². The molecule has 2 heterocycles. The van der Waals surface area contributed by atoms with Gasteiger partial charge < -0.3 is 9.47 Å². The van der Waals surface area contributed by atoms with Gasteiger partial charge in [-0.25, -0.2) is 4.98 Å². The SMILES string of the molecule is O=C(c1ccc(Cl)cc1)N1CCn2ccnc2C1. The van der Waals surface area contributed by atoms with Gasteiger partial charge in [0.1, 0.15) is 5.82 Å². The second-order valence-electron chi connectivity index (χ2n) is 4.27. The van der Waals surface area contributed by atoms with Crippen LogP contribution in [0.1, 0.15) is 16.2 Å². The molecular weight excluding hydrogens is 250 g/mol. The lowest BCUT2D eigenvalue weighted by Crippen LogP contribution is -2.38. The van der Waals surface area contributed by atoms with Gasteiger partial charge in [0.15, 0.2) is 0 Å². The highest BCUT2D eigenvalue weighted by atomic mass is 35.5. The molecule has 0 saturated carbocycles. The largest absolute Gasteiger partial charge is 0.332 e. The molecule has 1 aromatic heterocycles. The van der Waals surface area contributed by atoms with Gasteiger partial charge in [-0.2, -0.15) is 0 Å². The summed E-state index contributed by atoms with van der Waals surface area (Å²) in [4.78, 5) is 18.3. The van der Waals surface area contributed by atoms with Crippen LogP contribution in [0.2, 0.25) is 5.02 Å². The first-order chi connectivity index (χ1) is 8.74. The van der Waals surface area contributed by atoms with Crippen molar-refractivity contribution in [1.29, 1.82) is 0 Å². The summed E-state index contributed by atoms with van der Waals surface area (Å²) in [5.41, 5.74) is 0.666. The molecule has 0 atom stereocenters. The summed E-state index contributed by atoms with van der Waals surface area (Å²) in [6, 6.07) is 6.98. The van der Waals surface area contributed by atoms with E-state index in [1.807, 2.05) is 11.1 Å². The fourth-order valence-corrected chi connectivity index (χ4v) is 2.25. The molecule has 0 spiro atoms. The molecule has 1 amide bonds. The van der Waals surface area contributed by atoms with E-state index < -0.39 is 0 Å². The molecule has 0 N–H and O–H groups in total. The van der Waals surface area contributed by atoms with Crippen LogP contribution in [0.3, 0.4) is 0 Å². The number of hydrogen-bond acceptors (Lipinski definition) is 2. The Bertz CT molecular complexity index is 576. The molecule has 5 heteroatoms. The summed E-state index contributed by atoms with van der Waals surface area (Å²) >= 11 is 5.82. The molecule has 1 aromatic carbocycles. The van der Waals surface area contributed by atoms with E-state index in [2.05, 4.69) is 9.55 Å². The van der Waals surface area contributed by atoms with Gasteiger partial charge in [-0.05, 0) is 24.3 Å². The van der Waals surface area contributed by atoms with E-state index >= 15 is 0 Å². The molecule has 1 aliphatic rings. The second kappa shape index (κ2) is 4.46. The van der Waals surface area contributed by atoms with Crippen LogP contribution >= 0.6 is 11.6 Å². The van der Waals surface area contributed by atoms with E-state index in [4.69, 9.17) is 11.6 Å². The maximum Gasteiger partial charge on any atom is 0.254 e. The zero-order valence-electron chi connectivity index (χ0n) is 9.71. The molecule has 0 radical (unpaired) electrons. The third-order valence-electron chi connectivity index (χ3n) is 3.12. The normalized spacial score (nSPS) is 14.4. The molecule has 0 aliphatic carbocycles. The molecule has 92 valence electrons. The van der Waals surface area contributed by atoms with Gasteiger partial charge in [0.05, 0.1) is 6.54 Å². The Kier molecular flexibility index (Phi) is 2.80. The maximum absolute atomic E-state index is 12.3. The van der Waals surface area contributed by atoms with Gasteiger partial charge in [-0.15, -0.1) is 0 Å². The molecule has 4 nitrogen and oxygen atoms in total. The second-order valence-corrected chi connectivity index (χ2v) is 4.71. The Labute approximate surface area is 110 Å². The lowest BCUT2D eigenvalue weighted by molar-refractivity contribution is 0.0707. The lowest BCUT2D eigenvalue weighted by atomic mass is 10.2. The lowest BCUT2D eigenvalue weighted by Gasteiger charge is -2.27. The zero-order chi connectivity index (χ0) is 12.5. The average Bonchev–Trinajstić information content (AvgIpc) is 2.86. The highest BCUT2D eigenvalue weighted by Gasteiger charge is 2.21. The van der Waals surface area contributed by atoms with E-state index in [-0.39, 0.29) is 5.91 Å². The number of nitrogens with zero attached hydrogens (tertiary/aromatic N) is 3. The minimum atomic E-state index is 0.0286. The predicted molar refractivity (Wildman–Crippen MR) is 68.4 cm³/mol. The van der Waals surface area contributed by atoms with E-state index in [9.17, 15) is 4.79 Å². The summed E-state index contributed by atoms with van der Waals surface area (Å²) in [6.45, 7) is 2.08.